The maximum atomic E-state index is 11.3. The zero-order valence-electron chi connectivity index (χ0n) is 7.45. The third-order valence-corrected chi connectivity index (χ3v) is 1.61. The Labute approximate surface area is 71.8 Å². The first-order valence-electron chi connectivity index (χ1n) is 4.06. The molecule has 1 heterocycles. The molecular formula is C9H14N2O. The topological polar surface area (TPSA) is 48.0 Å². The average Bonchev–Trinajstić information content (AvgIpc) is 1.98. The van der Waals surface area contributed by atoms with Crippen molar-refractivity contribution >= 4 is 5.69 Å². The fourth-order valence-electron chi connectivity index (χ4n) is 1.09. The highest BCUT2D eigenvalue weighted by molar-refractivity contribution is 5.33. The maximum Gasteiger partial charge on any atom is 0.273 e. The van der Waals surface area contributed by atoms with Gasteiger partial charge >= 0.3 is 0 Å². The molecule has 0 unspecified atom stereocenters. The van der Waals surface area contributed by atoms with E-state index in [1.54, 1.807) is 22.9 Å². The van der Waals surface area contributed by atoms with E-state index in [9.17, 15) is 4.79 Å². The van der Waals surface area contributed by atoms with E-state index in [1.165, 1.54) is 0 Å². The number of hydrogen-bond acceptors (Lipinski definition) is 2. The molecule has 0 saturated heterocycles. The van der Waals surface area contributed by atoms with Crippen LogP contribution in [-0.4, -0.2) is 4.57 Å². The molecule has 0 aromatic carbocycles. The molecule has 0 aliphatic rings. The van der Waals surface area contributed by atoms with Crippen LogP contribution in [-0.2, 0) is 6.54 Å². The smallest absolute Gasteiger partial charge is 0.273 e. The molecule has 1 aromatic rings. The number of nitrogens with two attached hydrogens (primary N) is 1. The van der Waals surface area contributed by atoms with Crippen LogP contribution in [0.1, 0.15) is 13.8 Å². The van der Waals surface area contributed by atoms with Crippen molar-refractivity contribution in [3.63, 3.8) is 0 Å². The summed E-state index contributed by atoms with van der Waals surface area (Å²) in [5.41, 5.74) is 5.69. The van der Waals surface area contributed by atoms with Crippen LogP contribution in [0.4, 0.5) is 5.69 Å². The quantitative estimate of drug-likeness (QED) is 0.714. The van der Waals surface area contributed by atoms with Crippen LogP contribution in [0.5, 0.6) is 0 Å². The van der Waals surface area contributed by atoms with Crippen molar-refractivity contribution in [2.45, 2.75) is 20.4 Å². The average molecular weight is 166 g/mol. The molecule has 0 amide bonds. The van der Waals surface area contributed by atoms with Crippen molar-refractivity contribution in [3.05, 3.63) is 28.7 Å². The minimum Gasteiger partial charge on any atom is -0.394 e. The highest BCUT2D eigenvalue weighted by Crippen LogP contribution is 1.97. The summed E-state index contributed by atoms with van der Waals surface area (Å²) in [5, 5.41) is 0. The molecule has 0 atom stereocenters. The van der Waals surface area contributed by atoms with Gasteiger partial charge in [-0.15, -0.1) is 0 Å². The van der Waals surface area contributed by atoms with Gasteiger partial charge in [0.25, 0.3) is 5.56 Å². The van der Waals surface area contributed by atoms with Gasteiger partial charge in [-0.25, -0.2) is 0 Å². The summed E-state index contributed by atoms with van der Waals surface area (Å²) >= 11 is 0. The minimum absolute atomic E-state index is 0.0915. The van der Waals surface area contributed by atoms with Crippen molar-refractivity contribution in [2.75, 3.05) is 5.73 Å². The normalized spacial score (nSPS) is 10.6. The van der Waals surface area contributed by atoms with Gasteiger partial charge in [0.2, 0.25) is 0 Å². The lowest BCUT2D eigenvalue weighted by molar-refractivity contribution is 0.512. The number of nitrogens with zero attached hydrogens (tertiary/aromatic N) is 1. The number of rotatable bonds is 2. The second-order valence-corrected chi connectivity index (χ2v) is 3.31. The molecule has 0 radical (unpaired) electrons. The summed E-state index contributed by atoms with van der Waals surface area (Å²) in [5.74, 6) is 0.462. The first-order valence-corrected chi connectivity index (χ1v) is 4.06. The van der Waals surface area contributed by atoms with Gasteiger partial charge in [-0.3, -0.25) is 4.79 Å². The van der Waals surface area contributed by atoms with Gasteiger partial charge in [-0.2, -0.15) is 0 Å². The first kappa shape index (κ1) is 8.84. The molecule has 3 nitrogen and oxygen atoms in total. The van der Waals surface area contributed by atoms with E-state index >= 15 is 0 Å². The first-order chi connectivity index (χ1) is 5.61. The van der Waals surface area contributed by atoms with Crippen LogP contribution in [0, 0.1) is 5.92 Å². The fraction of sp³-hybridized carbons (Fsp3) is 0.444. The highest BCUT2D eigenvalue weighted by atomic mass is 16.1. The Morgan fingerprint density at radius 3 is 2.83 bits per heavy atom. The molecule has 0 aliphatic heterocycles. The zero-order chi connectivity index (χ0) is 9.14. The monoisotopic (exact) mass is 166 g/mol. The van der Waals surface area contributed by atoms with E-state index in [-0.39, 0.29) is 5.56 Å². The Balaban J connectivity index is 3.01. The third-order valence-electron chi connectivity index (χ3n) is 1.61. The minimum atomic E-state index is -0.0915. The Bertz CT molecular complexity index is 315. The van der Waals surface area contributed by atoms with Gasteiger partial charge in [0.1, 0.15) is 0 Å². The number of pyridine rings is 1. The Morgan fingerprint density at radius 1 is 1.58 bits per heavy atom. The van der Waals surface area contributed by atoms with Crippen LogP contribution in [0.2, 0.25) is 0 Å². The zero-order valence-corrected chi connectivity index (χ0v) is 7.45. The van der Waals surface area contributed by atoms with Gasteiger partial charge in [-0.05, 0) is 18.1 Å². The summed E-state index contributed by atoms with van der Waals surface area (Å²) in [6.45, 7) is 4.86. The number of nitrogen functional groups attached to an aromatic ring is 1. The lowest BCUT2D eigenvalue weighted by Gasteiger charge is -2.08. The molecule has 0 bridgehead atoms. The predicted molar refractivity (Wildman–Crippen MR) is 50.0 cm³/mol. The lowest BCUT2D eigenvalue weighted by atomic mass is 10.2. The third kappa shape index (κ3) is 1.87. The fourth-order valence-corrected chi connectivity index (χ4v) is 1.09. The van der Waals surface area contributed by atoms with Gasteiger partial charge in [0.05, 0.1) is 5.69 Å². The largest absolute Gasteiger partial charge is 0.394 e. The second-order valence-electron chi connectivity index (χ2n) is 3.31. The number of anilines is 1. The van der Waals surface area contributed by atoms with E-state index in [0.717, 1.165) is 6.54 Å². The van der Waals surface area contributed by atoms with E-state index < -0.39 is 0 Å². The summed E-state index contributed by atoms with van der Waals surface area (Å²) in [6, 6.07) is 3.41. The van der Waals surface area contributed by atoms with Crippen molar-refractivity contribution in [2.24, 2.45) is 5.92 Å². The Kier molecular flexibility index (Phi) is 2.53. The maximum absolute atomic E-state index is 11.3. The predicted octanol–water partition coefficient (Wildman–Crippen LogP) is 1.09. The summed E-state index contributed by atoms with van der Waals surface area (Å²) in [4.78, 5) is 11.3. The van der Waals surface area contributed by atoms with Crippen LogP contribution < -0.4 is 11.3 Å². The van der Waals surface area contributed by atoms with Crippen LogP contribution >= 0.6 is 0 Å². The van der Waals surface area contributed by atoms with Gasteiger partial charge in [-0.1, -0.05) is 13.8 Å². The summed E-state index contributed by atoms with van der Waals surface area (Å²) in [7, 11) is 0. The Hall–Kier alpha value is -1.25. The standard InChI is InChI=1S/C9H14N2O/c1-7(2)6-11-5-3-4-8(10)9(11)12/h3-5,7H,6,10H2,1-2H3. The lowest BCUT2D eigenvalue weighted by Crippen LogP contribution is -2.23. The molecule has 66 valence electrons. The van der Waals surface area contributed by atoms with Crippen LogP contribution in [0.15, 0.2) is 23.1 Å². The molecule has 0 saturated carbocycles. The molecule has 3 heteroatoms. The van der Waals surface area contributed by atoms with Crippen LogP contribution in [0.25, 0.3) is 0 Å². The van der Waals surface area contributed by atoms with Crippen molar-refractivity contribution in [1.29, 1.82) is 0 Å². The number of aromatic nitrogens is 1. The van der Waals surface area contributed by atoms with E-state index in [0.29, 0.717) is 11.6 Å². The van der Waals surface area contributed by atoms with Crippen molar-refractivity contribution in [1.82, 2.24) is 4.57 Å². The molecule has 1 aromatic heterocycles. The molecule has 2 N–H and O–H groups in total. The van der Waals surface area contributed by atoms with Crippen LogP contribution in [0.3, 0.4) is 0 Å². The van der Waals surface area contributed by atoms with Gasteiger partial charge in [0, 0.05) is 12.7 Å². The van der Waals surface area contributed by atoms with E-state index in [1.807, 2.05) is 0 Å². The molecule has 0 aliphatic carbocycles. The highest BCUT2D eigenvalue weighted by Gasteiger charge is 2.00. The molecular weight excluding hydrogens is 152 g/mol. The van der Waals surface area contributed by atoms with Crippen molar-refractivity contribution in [3.8, 4) is 0 Å². The second kappa shape index (κ2) is 3.43. The molecule has 12 heavy (non-hydrogen) atoms. The van der Waals surface area contributed by atoms with Gasteiger partial charge in [0.15, 0.2) is 0 Å². The Morgan fingerprint density at radius 2 is 2.25 bits per heavy atom. The SMILES string of the molecule is CC(C)Cn1cccc(N)c1=O. The molecule has 0 spiro atoms. The summed E-state index contributed by atoms with van der Waals surface area (Å²) < 4.78 is 1.64. The molecule has 1 rings (SSSR count). The molecule has 0 fully saturated rings. The number of hydrogen-bond donors (Lipinski definition) is 1. The van der Waals surface area contributed by atoms with Crippen molar-refractivity contribution < 1.29 is 0 Å². The van der Waals surface area contributed by atoms with E-state index in [4.69, 9.17) is 5.73 Å². The van der Waals surface area contributed by atoms with Gasteiger partial charge < -0.3 is 10.3 Å². The van der Waals surface area contributed by atoms with E-state index in [2.05, 4.69) is 13.8 Å². The summed E-state index contributed by atoms with van der Waals surface area (Å²) in [6.07, 6.45) is 1.76.